The Balaban J connectivity index is 1.26. The number of likely N-dealkylation sites (tertiary alicyclic amines) is 1. The minimum absolute atomic E-state index is 0.398. The maximum absolute atomic E-state index is 6.58. The van der Waals surface area contributed by atoms with Gasteiger partial charge in [-0.15, -0.1) is 0 Å². The van der Waals surface area contributed by atoms with Crippen molar-refractivity contribution in [1.29, 1.82) is 0 Å². The van der Waals surface area contributed by atoms with E-state index in [0.29, 0.717) is 11.1 Å². The molecular formula is C27H38ClN7O. The summed E-state index contributed by atoms with van der Waals surface area (Å²) in [4.78, 5) is 20.2. The zero-order valence-corrected chi connectivity index (χ0v) is 22.2. The quantitative estimate of drug-likeness (QED) is 0.414. The Bertz CT molecular complexity index is 1120. The summed E-state index contributed by atoms with van der Waals surface area (Å²) in [5.41, 5.74) is 4.75. The van der Waals surface area contributed by atoms with Crippen LogP contribution in [0.4, 0.5) is 11.4 Å². The lowest BCUT2D eigenvalue weighted by atomic mass is 10.0. The monoisotopic (exact) mass is 511 g/mol. The second-order valence-electron chi connectivity index (χ2n) is 9.69. The van der Waals surface area contributed by atoms with Gasteiger partial charge in [-0.2, -0.15) is 0 Å². The molecule has 2 aliphatic heterocycles. The van der Waals surface area contributed by atoms with Crippen molar-refractivity contribution in [3.63, 3.8) is 0 Å². The number of halogens is 1. The summed E-state index contributed by atoms with van der Waals surface area (Å²) in [5, 5.41) is 4.29. The molecule has 2 N–H and O–H groups in total. The van der Waals surface area contributed by atoms with Crippen LogP contribution in [0, 0.1) is 0 Å². The van der Waals surface area contributed by atoms with Crippen molar-refractivity contribution in [2.45, 2.75) is 32.7 Å². The van der Waals surface area contributed by atoms with Crippen LogP contribution in [0.5, 0.6) is 0 Å². The van der Waals surface area contributed by atoms with E-state index in [9.17, 15) is 0 Å². The molecule has 0 saturated carbocycles. The van der Waals surface area contributed by atoms with Gasteiger partial charge in [0.2, 0.25) is 0 Å². The van der Waals surface area contributed by atoms with E-state index in [1.165, 1.54) is 5.69 Å². The summed E-state index contributed by atoms with van der Waals surface area (Å²) in [7, 11) is 0. The maximum Gasteiger partial charge on any atom is 0.159 e. The number of imidazole rings is 1. The van der Waals surface area contributed by atoms with Crippen LogP contribution in [0.3, 0.4) is 0 Å². The molecule has 0 amide bonds. The molecule has 194 valence electrons. The fourth-order valence-electron chi connectivity index (χ4n) is 5.20. The number of nitrogens with zero attached hydrogens (tertiary/aromatic N) is 5. The fraction of sp³-hybridized carbons (Fsp3) is 0.556. The third kappa shape index (κ3) is 5.78. The molecule has 0 aliphatic carbocycles. The number of piperidine rings is 1. The topological polar surface area (TPSA) is 72.6 Å². The molecule has 2 aliphatic rings. The Morgan fingerprint density at radius 3 is 2.47 bits per heavy atom. The fourth-order valence-corrected chi connectivity index (χ4v) is 5.39. The molecular weight excluding hydrogens is 474 g/mol. The number of aromatic nitrogens is 3. The third-order valence-electron chi connectivity index (χ3n) is 7.48. The molecule has 2 saturated heterocycles. The van der Waals surface area contributed by atoms with Crippen LogP contribution in [0.25, 0.3) is 22.6 Å². The average molecular weight is 512 g/mol. The van der Waals surface area contributed by atoms with E-state index in [-0.39, 0.29) is 0 Å². The Morgan fingerprint density at radius 1 is 1.03 bits per heavy atom. The molecule has 36 heavy (non-hydrogen) atoms. The Hall–Kier alpha value is -2.39. The molecule has 4 heterocycles. The predicted octanol–water partition coefficient (Wildman–Crippen LogP) is 4.33. The summed E-state index contributed by atoms with van der Waals surface area (Å²) in [6.45, 7) is 14.4. The van der Waals surface area contributed by atoms with Gasteiger partial charge in [0.25, 0.3) is 0 Å². The first-order valence-electron chi connectivity index (χ1n) is 13.3. The molecule has 0 unspecified atom stereocenters. The second-order valence-corrected chi connectivity index (χ2v) is 10.1. The lowest BCUT2D eigenvalue weighted by molar-refractivity contribution is 0.111. The molecule has 0 bridgehead atoms. The molecule has 0 spiro atoms. The highest BCUT2D eigenvalue weighted by atomic mass is 35.5. The van der Waals surface area contributed by atoms with Gasteiger partial charge < -0.3 is 24.8 Å². The van der Waals surface area contributed by atoms with Gasteiger partial charge in [0.15, 0.2) is 5.65 Å². The zero-order valence-electron chi connectivity index (χ0n) is 21.5. The van der Waals surface area contributed by atoms with E-state index < -0.39 is 0 Å². The van der Waals surface area contributed by atoms with Crippen LogP contribution in [0.15, 0.2) is 30.5 Å². The Labute approximate surface area is 219 Å². The lowest BCUT2D eigenvalue weighted by Gasteiger charge is -2.36. The number of ether oxygens (including phenoxy) is 1. The van der Waals surface area contributed by atoms with Gasteiger partial charge in [-0.05, 0) is 50.6 Å². The SMILES string of the molecule is CCOCCN1CCN(c2ccc(-c3nc4c(NC5CCN(CC)CC5)c(Cl)cnc4[nH]3)cc2)CC1. The maximum atomic E-state index is 6.58. The van der Waals surface area contributed by atoms with Crippen molar-refractivity contribution in [3.05, 3.63) is 35.5 Å². The lowest BCUT2D eigenvalue weighted by Crippen LogP contribution is -2.47. The summed E-state index contributed by atoms with van der Waals surface area (Å²) in [6.07, 6.45) is 3.92. The standard InChI is InChI=1S/C27H38ClN7O/c1-3-33-11-9-21(10-12-33)30-24-23(28)19-29-27-25(24)31-26(32-27)20-5-7-22(8-6-20)35-15-13-34(14-16-35)17-18-36-4-2/h5-8,19,21H,3-4,9-18H2,1-2H3,(H2,29,30,31,32). The number of hydrogen-bond donors (Lipinski definition) is 2. The van der Waals surface area contributed by atoms with E-state index in [0.717, 1.165) is 107 Å². The van der Waals surface area contributed by atoms with Crippen LogP contribution in [-0.4, -0.2) is 96.4 Å². The van der Waals surface area contributed by atoms with Crippen molar-refractivity contribution in [2.75, 3.05) is 75.8 Å². The largest absolute Gasteiger partial charge is 0.380 e. The highest BCUT2D eigenvalue weighted by molar-refractivity contribution is 6.34. The van der Waals surface area contributed by atoms with Crippen LogP contribution in [-0.2, 0) is 4.74 Å². The molecule has 8 nitrogen and oxygen atoms in total. The van der Waals surface area contributed by atoms with Gasteiger partial charge in [0, 0.05) is 69.7 Å². The number of aromatic amines is 1. The molecule has 2 fully saturated rings. The van der Waals surface area contributed by atoms with Crippen LogP contribution >= 0.6 is 11.6 Å². The predicted molar refractivity (Wildman–Crippen MR) is 148 cm³/mol. The first-order valence-corrected chi connectivity index (χ1v) is 13.7. The summed E-state index contributed by atoms with van der Waals surface area (Å²) in [5.74, 6) is 0.816. The smallest absolute Gasteiger partial charge is 0.159 e. The molecule has 1 aromatic carbocycles. The van der Waals surface area contributed by atoms with Crippen LogP contribution in [0.2, 0.25) is 5.02 Å². The number of H-pyrrole nitrogens is 1. The molecule has 0 radical (unpaired) electrons. The average Bonchev–Trinajstić information content (AvgIpc) is 3.36. The number of pyridine rings is 1. The van der Waals surface area contributed by atoms with Crippen LogP contribution in [0.1, 0.15) is 26.7 Å². The molecule has 3 aromatic rings. The van der Waals surface area contributed by atoms with Crippen LogP contribution < -0.4 is 10.2 Å². The van der Waals surface area contributed by atoms with Crippen molar-refractivity contribution < 1.29 is 4.74 Å². The highest BCUT2D eigenvalue weighted by Crippen LogP contribution is 2.32. The van der Waals surface area contributed by atoms with Gasteiger partial charge in [0.05, 0.1) is 23.5 Å². The van der Waals surface area contributed by atoms with Crippen molar-refractivity contribution in [3.8, 4) is 11.4 Å². The minimum Gasteiger partial charge on any atom is -0.380 e. The summed E-state index contributed by atoms with van der Waals surface area (Å²) < 4.78 is 5.50. The van der Waals surface area contributed by atoms with Crippen molar-refractivity contribution in [1.82, 2.24) is 24.8 Å². The number of hydrogen-bond acceptors (Lipinski definition) is 7. The van der Waals surface area contributed by atoms with E-state index >= 15 is 0 Å². The molecule has 2 aromatic heterocycles. The Kier molecular flexibility index (Phi) is 8.26. The van der Waals surface area contributed by atoms with E-state index in [1.54, 1.807) is 6.20 Å². The number of anilines is 2. The normalized spacial score (nSPS) is 18.2. The Morgan fingerprint density at radius 2 is 1.78 bits per heavy atom. The second kappa shape index (κ2) is 11.8. The number of fused-ring (bicyclic) bond motifs is 1. The third-order valence-corrected chi connectivity index (χ3v) is 7.77. The van der Waals surface area contributed by atoms with Gasteiger partial charge >= 0.3 is 0 Å². The number of benzene rings is 1. The minimum atomic E-state index is 0.398. The molecule has 5 rings (SSSR count). The van der Waals surface area contributed by atoms with E-state index in [2.05, 4.69) is 61.2 Å². The zero-order chi connectivity index (χ0) is 24.9. The highest BCUT2D eigenvalue weighted by Gasteiger charge is 2.22. The first kappa shape index (κ1) is 25.3. The molecule has 9 heteroatoms. The summed E-state index contributed by atoms with van der Waals surface area (Å²) in [6, 6.07) is 9.07. The molecule has 0 atom stereocenters. The summed E-state index contributed by atoms with van der Waals surface area (Å²) >= 11 is 6.58. The van der Waals surface area contributed by atoms with Gasteiger partial charge in [0.1, 0.15) is 11.3 Å². The van der Waals surface area contributed by atoms with Crippen molar-refractivity contribution in [2.24, 2.45) is 0 Å². The number of nitrogens with one attached hydrogen (secondary N) is 2. The van der Waals surface area contributed by atoms with Crippen molar-refractivity contribution >= 4 is 34.1 Å². The van der Waals surface area contributed by atoms with E-state index in [4.69, 9.17) is 21.3 Å². The van der Waals surface area contributed by atoms with Gasteiger partial charge in [-0.1, -0.05) is 18.5 Å². The van der Waals surface area contributed by atoms with Gasteiger partial charge in [-0.3, -0.25) is 4.90 Å². The first-order chi connectivity index (χ1) is 17.6. The number of piperazine rings is 1. The van der Waals surface area contributed by atoms with Gasteiger partial charge in [-0.25, -0.2) is 9.97 Å². The number of rotatable bonds is 9. The van der Waals surface area contributed by atoms with E-state index in [1.807, 2.05) is 6.92 Å².